The van der Waals surface area contributed by atoms with Gasteiger partial charge in [-0.1, -0.05) is 24.3 Å². The van der Waals surface area contributed by atoms with Gasteiger partial charge in [0, 0.05) is 47.3 Å². The second kappa shape index (κ2) is 9.63. The van der Waals surface area contributed by atoms with Crippen molar-refractivity contribution in [1.82, 2.24) is 19.8 Å². The highest BCUT2D eigenvalue weighted by Gasteiger charge is 2.07. The second-order valence-electron chi connectivity index (χ2n) is 7.98. The molecule has 2 heterocycles. The van der Waals surface area contributed by atoms with Gasteiger partial charge >= 0.3 is 0 Å². The molecule has 0 fully saturated rings. The average molecular weight is 393 g/mol. The molecule has 0 bridgehead atoms. The summed E-state index contributed by atoms with van der Waals surface area (Å²) in [5, 5.41) is 12.1. The quantitative estimate of drug-likeness (QED) is 0.460. The van der Waals surface area contributed by atoms with Crippen LogP contribution in [0, 0.1) is 0 Å². The maximum absolute atomic E-state index is 9.77. The number of phenolic OH excluding ortho intramolecular Hbond substituents is 1. The van der Waals surface area contributed by atoms with Crippen LogP contribution in [0.1, 0.15) is 11.1 Å². The van der Waals surface area contributed by atoms with E-state index in [9.17, 15) is 5.11 Å². The summed E-state index contributed by atoms with van der Waals surface area (Å²) in [5.41, 5.74) is 4.83. The lowest BCUT2D eigenvalue weighted by molar-refractivity contribution is 0.414. The van der Waals surface area contributed by atoms with E-state index in [1.54, 1.807) is 6.07 Å². The molecule has 4 rings (SSSR count). The molecular weight excluding hydrogens is 360 g/mol. The van der Waals surface area contributed by atoms with Crippen LogP contribution in [0.3, 0.4) is 0 Å². The zero-order chi connectivity index (χ0) is 20.8. The van der Waals surface area contributed by atoms with E-state index in [2.05, 4.69) is 78.4 Å². The van der Waals surface area contributed by atoms with Crippen LogP contribution in [-0.4, -0.2) is 66.2 Å². The SMILES string of the molecule is CN(C)CCc1c[nH]c2cccc(O)c12.CN(C)CCc1c[nH]c2ccccc12. The lowest BCUT2D eigenvalue weighted by atomic mass is 10.1. The van der Waals surface area contributed by atoms with Crippen molar-refractivity contribution in [3.8, 4) is 5.75 Å². The topological polar surface area (TPSA) is 58.3 Å². The summed E-state index contributed by atoms with van der Waals surface area (Å²) >= 11 is 0. The Labute approximate surface area is 173 Å². The number of rotatable bonds is 6. The van der Waals surface area contributed by atoms with E-state index in [4.69, 9.17) is 0 Å². The number of fused-ring (bicyclic) bond motifs is 2. The first-order valence-electron chi connectivity index (χ1n) is 10.1. The normalized spacial score (nSPS) is 11.4. The summed E-state index contributed by atoms with van der Waals surface area (Å²) in [6, 6.07) is 14.0. The smallest absolute Gasteiger partial charge is 0.125 e. The van der Waals surface area contributed by atoms with Crippen molar-refractivity contribution in [2.75, 3.05) is 41.3 Å². The molecule has 0 amide bonds. The molecule has 2 aromatic heterocycles. The zero-order valence-electron chi connectivity index (χ0n) is 17.9. The fraction of sp³-hybridized carbons (Fsp3) is 0.333. The third-order valence-electron chi connectivity index (χ3n) is 5.10. The molecule has 5 heteroatoms. The number of hydrogen-bond donors (Lipinski definition) is 3. The van der Waals surface area contributed by atoms with Crippen LogP contribution < -0.4 is 0 Å². The number of H-pyrrole nitrogens is 2. The molecule has 0 aliphatic carbocycles. The van der Waals surface area contributed by atoms with E-state index in [-0.39, 0.29) is 0 Å². The van der Waals surface area contributed by atoms with E-state index in [1.165, 1.54) is 22.0 Å². The summed E-state index contributed by atoms with van der Waals surface area (Å²) in [5.74, 6) is 0.363. The van der Waals surface area contributed by atoms with E-state index >= 15 is 0 Å². The summed E-state index contributed by atoms with van der Waals surface area (Å²) in [6.07, 6.45) is 6.16. The maximum atomic E-state index is 9.77. The van der Waals surface area contributed by atoms with Gasteiger partial charge in [0.1, 0.15) is 5.75 Å². The first-order chi connectivity index (χ1) is 14.0. The van der Waals surface area contributed by atoms with Gasteiger partial charge in [-0.2, -0.15) is 0 Å². The molecule has 0 aliphatic heterocycles. The number of nitrogens with zero attached hydrogens (tertiary/aromatic N) is 2. The van der Waals surface area contributed by atoms with Gasteiger partial charge in [0.2, 0.25) is 0 Å². The van der Waals surface area contributed by atoms with Crippen molar-refractivity contribution in [3.05, 3.63) is 66.0 Å². The van der Waals surface area contributed by atoms with Crippen molar-refractivity contribution >= 4 is 21.8 Å². The molecule has 3 N–H and O–H groups in total. The van der Waals surface area contributed by atoms with Crippen molar-refractivity contribution < 1.29 is 5.11 Å². The molecule has 29 heavy (non-hydrogen) atoms. The second-order valence-corrected chi connectivity index (χ2v) is 7.98. The largest absolute Gasteiger partial charge is 0.507 e. The molecule has 0 saturated carbocycles. The van der Waals surface area contributed by atoms with Gasteiger partial charge in [0.25, 0.3) is 0 Å². The highest BCUT2D eigenvalue weighted by Crippen LogP contribution is 2.27. The van der Waals surface area contributed by atoms with Crippen LogP contribution in [0.25, 0.3) is 21.8 Å². The highest BCUT2D eigenvalue weighted by atomic mass is 16.3. The maximum Gasteiger partial charge on any atom is 0.125 e. The molecule has 2 aromatic carbocycles. The van der Waals surface area contributed by atoms with Gasteiger partial charge in [-0.15, -0.1) is 0 Å². The Bertz CT molecular complexity index is 1050. The Hall–Kier alpha value is -2.76. The summed E-state index contributed by atoms with van der Waals surface area (Å²) in [4.78, 5) is 10.8. The molecule has 0 saturated heterocycles. The third-order valence-corrected chi connectivity index (χ3v) is 5.10. The lowest BCUT2D eigenvalue weighted by Crippen LogP contribution is -2.14. The Balaban J connectivity index is 0.000000166. The first-order valence-corrected chi connectivity index (χ1v) is 10.1. The van der Waals surface area contributed by atoms with E-state index in [0.717, 1.165) is 36.8 Å². The highest BCUT2D eigenvalue weighted by molar-refractivity contribution is 5.89. The van der Waals surface area contributed by atoms with Crippen LogP contribution in [-0.2, 0) is 12.8 Å². The number of aromatic amines is 2. The van der Waals surface area contributed by atoms with Gasteiger partial charge < -0.3 is 24.9 Å². The summed E-state index contributed by atoms with van der Waals surface area (Å²) < 4.78 is 0. The Kier molecular flexibility index (Phi) is 6.96. The summed E-state index contributed by atoms with van der Waals surface area (Å²) in [7, 11) is 8.31. The minimum absolute atomic E-state index is 0.363. The fourth-order valence-corrected chi connectivity index (χ4v) is 3.46. The van der Waals surface area contributed by atoms with Crippen molar-refractivity contribution in [3.63, 3.8) is 0 Å². The number of hydrogen-bond acceptors (Lipinski definition) is 3. The number of nitrogens with one attached hydrogen (secondary N) is 2. The number of phenols is 1. The third kappa shape index (κ3) is 5.40. The first kappa shape index (κ1) is 21.0. The molecule has 5 nitrogen and oxygen atoms in total. The number of likely N-dealkylation sites (N-methyl/N-ethyl adjacent to an activating group) is 2. The van der Waals surface area contributed by atoms with E-state index in [1.807, 2.05) is 18.3 Å². The standard InChI is InChI=1S/C12H16N2O.C12H16N2/c1-14(2)7-6-9-8-13-10-4-3-5-11(15)12(9)10;1-14(2)8-7-10-9-13-12-6-4-3-5-11(10)12/h3-5,8,13,15H,6-7H2,1-2H3;3-6,9,13H,7-8H2,1-2H3. The molecule has 4 aromatic rings. The molecule has 0 radical (unpaired) electrons. The Morgan fingerprint density at radius 2 is 1.31 bits per heavy atom. The van der Waals surface area contributed by atoms with Gasteiger partial charge in [0.05, 0.1) is 0 Å². The van der Waals surface area contributed by atoms with Crippen LogP contribution in [0.4, 0.5) is 0 Å². The fourth-order valence-electron chi connectivity index (χ4n) is 3.46. The van der Waals surface area contributed by atoms with Crippen LogP contribution in [0.15, 0.2) is 54.9 Å². The number of aromatic hydroxyl groups is 1. The molecular formula is C24H32N4O. The number of para-hydroxylation sites is 1. The van der Waals surface area contributed by atoms with Crippen LogP contribution >= 0.6 is 0 Å². The minimum atomic E-state index is 0.363. The average Bonchev–Trinajstić information content (AvgIpc) is 3.30. The number of aromatic nitrogens is 2. The molecule has 154 valence electrons. The van der Waals surface area contributed by atoms with E-state index in [0.29, 0.717) is 5.75 Å². The Morgan fingerprint density at radius 3 is 2.03 bits per heavy atom. The molecule has 0 atom stereocenters. The predicted octanol–water partition coefficient (Wildman–Crippen LogP) is 4.25. The molecule has 0 aliphatic rings. The zero-order valence-corrected chi connectivity index (χ0v) is 17.9. The van der Waals surface area contributed by atoms with Crippen molar-refractivity contribution in [2.45, 2.75) is 12.8 Å². The summed E-state index contributed by atoms with van der Waals surface area (Å²) in [6.45, 7) is 2.09. The predicted molar refractivity (Wildman–Crippen MR) is 123 cm³/mol. The lowest BCUT2D eigenvalue weighted by Gasteiger charge is -2.08. The van der Waals surface area contributed by atoms with Gasteiger partial charge in [0.15, 0.2) is 0 Å². The monoisotopic (exact) mass is 392 g/mol. The minimum Gasteiger partial charge on any atom is -0.507 e. The van der Waals surface area contributed by atoms with Gasteiger partial charge in [-0.05, 0) is 70.4 Å². The van der Waals surface area contributed by atoms with Gasteiger partial charge in [-0.3, -0.25) is 0 Å². The Morgan fingerprint density at radius 1 is 0.724 bits per heavy atom. The van der Waals surface area contributed by atoms with Crippen LogP contribution in [0.5, 0.6) is 5.75 Å². The molecule has 0 unspecified atom stereocenters. The van der Waals surface area contributed by atoms with Crippen LogP contribution in [0.2, 0.25) is 0 Å². The molecule has 0 spiro atoms. The number of benzene rings is 2. The van der Waals surface area contributed by atoms with Gasteiger partial charge in [-0.25, -0.2) is 0 Å². The van der Waals surface area contributed by atoms with Crippen molar-refractivity contribution in [1.29, 1.82) is 0 Å². The van der Waals surface area contributed by atoms with Crippen molar-refractivity contribution in [2.24, 2.45) is 0 Å². The van der Waals surface area contributed by atoms with E-state index < -0.39 is 0 Å².